The number of pyridine rings is 2. The summed E-state index contributed by atoms with van der Waals surface area (Å²) in [6, 6.07) is 29.7. The standard InChI is InChI=1S/C42H39N5O.Pt/c1-24(2)28-13-17-35-34(21-28)31-10-9-19-43-40(31)46(35)29-14-15-30-33-20-25(3)12-16-36(33)47(38(30)22-29)37-23-32(26(4)44-27(37)5)41-45-42(6)18-8-7-11-39(42)48-41;/h9-10,12-17,19-21,24,39H,7-8,11,18H2,1-6H3;/q-2;+2/t39-,42-;/m0./s1. The molecular formula is C42H39N5OPt. The van der Waals surface area contributed by atoms with Crippen LogP contribution in [0.3, 0.4) is 0 Å². The molecule has 0 N–H and O–H groups in total. The SMILES string of the molecule is Cc1ccc2c(c1)c1ccc(-n3c4ccc(C(C)C)cc4c4cccnc43)[c-]c1n2-c1[c-]c(C2=N[C@@]3(C)CCCC[C@@H]3O2)c(C)nc1C.[Pt+2]. The number of aliphatic imine (C=N–C) groups is 1. The molecule has 5 heterocycles. The van der Waals surface area contributed by atoms with Crippen LogP contribution in [-0.4, -0.2) is 36.6 Å². The van der Waals surface area contributed by atoms with E-state index in [-0.39, 0.29) is 32.7 Å². The smallest absolute Gasteiger partial charge is 0.514 e. The summed E-state index contributed by atoms with van der Waals surface area (Å²) in [4.78, 5) is 15.2. The summed E-state index contributed by atoms with van der Waals surface area (Å²) in [7, 11) is 0. The second-order valence-corrected chi connectivity index (χ2v) is 14.4. The summed E-state index contributed by atoms with van der Waals surface area (Å²) < 4.78 is 11.1. The van der Waals surface area contributed by atoms with E-state index in [2.05, 4.69) is 110 Å². The third-order valence-corrected chi connectivity index (χ3v) is 10.7. The molecule has 2 atom stereocenters. The maximum Gasteiger partial charge on any atom is 2.00 e. The topological polar surface area (TPSA) is 57.2 Å². The molecule has 2 aliphatic rings. The van der Waals surface area contributed by atoms with E-state index in [9.17, 15) is 0 Å². The first-order valence-electron chi connectivity index (χ1n) is 17.2. The zero-order valence-electron chi connectivity index (χ0n) is 28.8. The molecule has 0 radical (unpaired) electrons. The Kier molecular flexibility index (Phi) is 7.60. The molecule has 0 saturated heterocycles. The van der Waals surface area contributed by atoms with Crippen LogP contribution in [0.4, 0.5) is 0 Å². The Balaban J connectivity index is 0.00000348. The van der Waals surface area contributed by atoms with Crippen molar-refractivity contribution in [2.45, 2.75) is 84.8 Å². The fraction of sp³-hybridized carbons (Fsp3) is 0.310. The van der Waals surface area contributed by atoms with Gasteiger partial charge in [0.1, 0.15) is 17.6 Å². The Morgan fingerprint density at radius 1 is 0.857 bits per heavy atom. The third kappa shape index (κ3) is 4.89. The van der Waals surface area contributed by atoms with Gasteiger partial charge in [-0.2, -0.15) is 6.07 Å². The molecule has 49 heavy (non-hydrogen) atoms. The van der Waals surface area contributed by atoms with Gasteiger partial charge >= 0.3 is 21.1 Å². The van der Waals surface area contributed by atoms with Crippen molar-refractivity contribution in [3.8, 4) is 11.4 Å². The van der Waals surface area contributed by atoms with Crippen LogP contribution in [-0.2, 0) is 25.8 Å². The molecule has 1 saturated carbocycles. The first kappa shape index (κ1) is 32.0. The number of aromatic nitrogens is 4. The minimum atomic E-state index is -0.182. The molecule has 248 valence electrons. The molecule has 6 nitrogen and oxygen atoms in total. The largest absolute Gasteiger partial charge is 2.00 e. The van der Waals surface area contributed by atoms with Crippen molar-refractivity contribution in [1.82, 2.24) is 19.1 Å². The molecule has 3 aromatic carbocycles. The van der Waals surface area contributed by atoms with E-state index >= 15 is 0 Å². The molecular weight excluding hydrogens is 786 g/mol. The Morgan fingerprint density at radius 3 is 2.47 bits per heavy atom. The predicted molar refractivity (Wildman–Crippen MR) is 195 cm³/mol. The molecule has 1 aliphatic heterocycles. The van der Waals surface area contributed by atoms with Gasteiger partial charge in [-0.3, -0.25) is 4.99 Å². The summed E-state index contributed by atoms with van der Waals surface area (Å²) in [6.07, 6.45) is 6.44. The molecule has 7 aromatic rings. The van der Waals surface area contributed by atoms with Gasteiger partial charge in [-0.15, -0.1) is 23.6 Å². The normalized spacial score (nSPS) is 19.1. The number of hydrogen-bond acceptors (Lipinski definition) is 4. The Bertz CT molecular complexity index is 2490. The predicted octanol–water partition coefficient (Wildman–Crippen LogP) is 9.80. The molecule has 0 spiro atoms. The van der Waals surface area contributed by atoms with E-state index in [1.165, 1.54) is 34.7 Å². The van der Waals surface area contributed by atoms with Gasteiger partial charge in [-0.1, -0.05) is 74.6 Å². The van der Waals surface area contributed by atoms with Crippen LogP contribution in [0, 0.1) is 32.9 Å². The molecule has 0 unspecified atom stereocenters. The summed E-state index contributed by atoms with van der Waals surface area (Å²) >= 11 is 0. The van der Waals surface area contributed by atoms with Crippen molar-refractivity contribution >= 4 is 49.6 Å². The molecule has 4 aromatic heterocycles. The van der Waals surface area contributed by atoms with Gasteiger partial charge in [0.15, 0.2) is 0 Å². The van der Waals surface area contributed by atoms with E-state index in [1.54, 1.807) is 0 Å². The molecule has 9 rings (SSSR count). The van der Waals surface area contributed by atoms with Crippen molar-refractivity contribution in [2.24, 2.45) is 4.99 Å². The zero-order valence-corrected chi connectivity index (χ0v) is 31.1. The number of ether oxygens (including phenoxy) is 1. The van der Waals surface area contributed by atoms with Crippen LogP contribution >= 0.6 is 0 Å². The first-order chi connectivity index (χ1) is 23.2. The van der Waals surface area contributed by atoms with Crippen molar-refractivity contribution < 1.29 is 25.8 Å². The molecule has 1 aliphatic carbocycles. The monoisotopic (exact) mass is 824 g/mol. The number of nitrogens with zero attached hydrogens (tertiary/aromatic N) is 5. The van der Waals surface area contributed by atoms with Gasteiger partial charge in [-0.05, 0) is 97.4 Å². The molecule has 1 fully saturated rings. The fourth-order valence-corrected chi connectivity index (χ4v) is 8.07. The number of aryl methyl sites for hydroxylation is 3. The fourth-order valence-electron chi connectivity index (χ4n) is 8.07. The number of fused-ring (bicyclic) bond motifs is 7. The maximum absolute atomic E-state index is 6.56. The Labute approximate surface area is 301 Å². The van der Waals surface area contributed by atoms with E-state index in [1.807, 2.05) is 19.2 Å². The summed E-state index contributed by atoms with van der Waals surface area (Å²) in [5, 5.41) is 4.66. The average Bonchev–Trinajstić information content (AvgIpc) is 3.71. The average molecular weight is 825 g/mol. The number of rotatable bonds is 4. The molecule has 7 heteroatoms. The van der Waals surface area contributed by atoms with Gasteiger partial charge in [0.05, 0.1) is 11.1 Å². The number of hydrogen-bond donors (Lipinski definition) is 0. The Hall–Kier alpha value is -4.28. The van der Waals surface area contributed by atoms with Crippen LogP contribution in [0.15, 0.2) is 71.9 Å². The van der Waals surface area contributed by atoms with Crippen LogP contribution < -0.4 is 0 Å². The van der Waals surface area contributed by atoms with E-state index < -0.39 is 0 Å². The van der Waals surface area contributed by atoms with E-state index in [0.29, 0.717) is 11.8 Å². The van der Waals surface area contributed by atoms with Crippen molar-refractivity contribution in [1.29, 1.82) is 0 Å². The molecule has 0 amide bonds. The van der Waals surface area contributed by atoms with E-state index in [4.69, 9.17) is 19.7 Å². The van der Waals surface area contributed by atoms with Crippen LogP contribution in [0.25, 0.3) is 55.1 Å². The van der Waals surface area contributed by atoms with Crippen LogP contribution in [0.1, 0.15) is 80.5 Å². The first-order valence-corrected chi connectivity index (χ1v) is 17.2. The second-order valence-electron chi connectivity index (χ2n) is 14.4. The number of benzene rings is 3. The minimum absolute atomic E-state index is 0. The van der Waals surface area contributed by atoms with Crippen LogP contribution in [0.2, 0.25) is 0 Å². The Morgan fingerprint density at radius 2 is 1.65 bits per heavy atom. The van der Waals surface area contributed by atoms with Crippen molar-refractivity contribution in [3.63, 3.8) is 0 Å². The van der Waals surface area contributed by atoms with Crippen LogP contribution in [0.5, 0.6) is 0 Å². The maximum atomic E-state index is 6.56. The third-order valence-electron chi connectivity index (χ3n) is 10.7. The van der Waals surface area contributed by atoms with Crippen molar-refractivity contribution in [2.75, 3.05) is 0 Å². The quantitative estimate of drug-likeness (QED) is 0.166. The summed E-state index contributed by atoms with van der Waals surface area (Å²) in [5.74, 6) is 1.11. The minimum Gasteiger partial charge on any atom is -0.514 e. The molecule has 0 bridgehead atoms. The summed E-state index contributed by atoms with van der Waals surface area (Å²) in [5.41, 5.74) is 10.9. The van der Waals surface area contributed by atoms with Crippen molar-refractivity contribution in [3.05, 3.63) is 107 Å². The summed E-state index contributed by atoms with van der Waals surface area (Å²) in [6.45, 7) is 13.0. The van der Waals surface area contributed by atoms with Gasteiger partial charge < -0.3 is 18.9 Å². The van der Waals surface area contributed by atoms with E-state index in [0.717, 1.165) is 74.1 Å². The van der Waals surface area contributed by atoms with Gasteiger partial charge in [0.2, 0.25) is 0 Å². The zero-order chi connectivity index (χ0) is 32.9. The second kappa shape index (κ2) is 11.7. The van der Waals surface area contributed by atoms with Gasteiger partial charge in [0.25, 0.3) is 0 Å². The van der Waals surface area contributed by atoms with Gasteiger partial charge in [0, 0.05) is 22.5 Å². The van der Waals surface area contributed by atoms with Gasteiger partial charge in [-0.25, -0.2) is 4.98 Å².